The Morgan fingerprint density at radius 2 is 2.38 bits per heavy atom. The summed E-state index contributed by atoms with van der Waals surface area (Å²) >= 11 is 7.90. The minimum atomic E-state index is 0.215. The van der Waals surface area contributed by atoms with Crippen molar-refractivity contribution in [3.05, 3.63) is 28.8 Å². The van der Waals surface area contributed by atoms with Crippen molar-refractivity contribution in [3.63, 3.8) is 0 Å². The molecule has 13 heavy (non-hydrogen) atoms. The topological polar surface area (TPSA) is 26.0 Å². The van der Waals surface area contributed by atoms with Gasteiger partial charge in [0.05, 0.1) is 5.02 Å². The highest BCUT2D eigenvalue weighted by Gasteiger charge is 2.27. The van der Waals surface area contributed by atoms with Gasteiger partial charge in [0.25, 0.3) is 0 Å². The number of halogens is 1. The molecule has 1 aromatic rings. The molecule has 2 unspecified atom stereocenters. The van der Waals surface area contributed by atoms with Crippen molar-refractivity contribution in [3.8, 4) is 0 Å². The van der Waals surface area contributed by atoms with Gasteiger partial charge < -0.3 is 5.73 Å². The zero-order valence-electron chi connectivity index (χ0n) is 7.46. The van der Waals surface area contributed by atoms with E-state index in [0.717, 1.165) is 10.8 Å². The second-order valence-electron chi connectivity index (χ2n) is 3.43. The molecule has 70 valence electrons. The minimum Gasteiger partial charge on any atom is -0.327 e. The normalized spacial score (nSPS) is 22.8. The number of thioether (sulfide) groups is 1. The molecule has 1 nitrogen and oxygen atoms in total. The second kappa shape index (κ2) is 3.52. The van der Waals surface area contributed by atoms with E-state index < -0.39 is 0 Å². The predicted molar refractivity (Wildman–Crippen MR) is 58.6 cm³/mol. The van der Waals surface area contributed by atoms with Gasteiger partial charge in [-0.1, -0.05) is 23.7 Å². The molecule has 0 aromatic heterocycles. The molecule has 2 rings (SSSR count). The lowest BCUT2D eigenvalue weighted by Crippen LogP contribution is -2.24. The molecular weight excluding hydrogens is 202 g/mol. The van der Waals surface area contributed by atoms with Crippen molar-refractivity contribution in [2.45, 2.75) is 23.8 Å². The average Bonchev–Trinajstić information content (AvgIpc) is 2.48. The fourth-order valence-electron chi connectivity index (χ4n) is 1.67. The minimum absolute atomic E-state index is 0.215. The van der Waals surface area contributed by atoms with Crippen LogP contribution >= 0.6 is 23.4 Å². The lowest BCUT2D eigenvalue weighted by molar-refractivity contribution is 0.622. The molecule has 0 saturated carbocycles. The molecule has 0 amide bonds. The Hall–Kier alpha value is -0.180. The van der Waals surface area contributed by atoms with Crippen LogP contribution in [0, 0.1) is 0 Å². The first kappa shape index (κ1) is 9.38. The van der Waals surface area contributed by atoms with Crippen LogP contribution in [-0.4, -0.2) is 11.8 Å². The molecule has 1 aromatic carbocycles. The monoisotopic (exact) mass is 213 g/mol. The van der Waals surface area contributed by atoms with Crippen LogP contribution in [0.25, 0.3) is 0 Å². The van der Waals surface area contributed by atoms with Crippen LogP contribution in [0.2, 0.25) is 5.02 Å². The van der Waals surface area contributed by atoms with Gasteiger partial charge in [-0.2, -0.15) is 0 Å². The van der Waals surface area contributed by atoms with E-state index in [1.54, 1.807) is 0 Å². The van der Waals surface area contributed by atoms with E-state index >= 15 is 0 Å². The van der Waals surface area contributed by atoms with Crippen LogP contribution in [0.4, 0.5) is 0 Å². The van der Waals surface area contributed by atoms with Crippen LogP contribution in [0.1, 0.15) is 18.4 Å². The van der Waals surface area contributed by atoms with Crippen molar-refractivity contribution in [1.29, 1.82) is 0 Å². The molecular formula is C10H12ClNS. The van der Waals surface area contributed by atoms with E-state index in [2.05, 4.69) is 13.0 Å². The smallest absolute Gasteiger partial charge is 0.0544 e. The Balaban J connectivity index is 2.43. The Bertz CT molecular complexity index is 325. The molecule has 1 aliphatic heterocycles. The Kier molecular flexibility index (Phi) is 2.54. The Labute approximate surface area is 87.7 Å². The van der Waals surface area contributed by atoms with E-state index in [-0.39, 0.29) is 6.04 Å². The van der Waals surface area contributed by atoms with Crippen LogP contribution in [0.3, 0.4) is 0 Å². The number of hydrogen-bond acceptors (Lipinski definition) is 2. The first-order valence-electron chi connectivity index (χ1n) is 4.37. The Morgan fingerprint density at radius 1 is 1.62 bits per heavy atom. The highest BCUT2D eigenvalue weighted by molar-refractivity contribution is 7.99. The molecule has 1 aliphatic rings. The number of benzene rings is 1. The van der Waals surface area contributed by atoms with Crippen molar-refractivity contribution < 1.29 is 0 Å². The summed E-state index contributed by atoms with van der Waals surface area (Å²) < 4.78 is 0. The summed E-state index contributed by atoms with van der Waals surface area (Å²) in [6.45, 7) is 2.06. The van der Waals surface area contributed by atoms with Gasteiger partial charge in [0.1, 0.15) is 0 Å². The summed E-state index contributed by atoms with van der Waals surface area (Å²) in [6, 6.07) is 6.29. The summed E-state index contributed by atoms with van der Waals surface area (Å²) in [6.07, 6.45) is 0. The van der Waals surface area contributed by atoms with Crippen molar-refractivity contribution in [2.75, 3.05) is 5.75 Å². The first-order chi connectivity index (χ1) is 6.20. The summed E-state index contributed by atoms with van der Waals surface area (Å²) in [5.41, 5.74) is 7.23. The second-order valence-corrected chi connectivity index (χ2v) is 4.87. The maximum Gasteiger partial charge on any atom is 0.0544 e. The standard InChI is InChI=1S/C10H12ClNS/c1-6(12)8-5-13-10-7(8)3-2-4-9(10)11/h2-4,6,8H,5,12H2,1H3. The van der Waals surface area contributed by atoms with Gasteiger partial charge in [-0.05, 0) is 18.6 Å². The van der Waals surface area contributed by atoms with Crippen LogP contribution in [0.5, 0.6) is 0 Å². The van der Waals surface area contributed by atoms with E-state index in [1.165, 1.54) is 10.5 Å². The zero-order valence-corrected chi connectivity index (χ0v) is 9.03. The van der Waals surface area contributed by atoms with Crippen LogP contribution < -0.4 is 5.73 Å². The van der Waals surface area contributed by atoms with Gasteiger partial charge in [-0.25, -0.2) is 0 Å². The number of rotatable bonds is 1. The molecule has 0 aliphatic carbocycles. The van der Waals surface area contributed by atoms with Crippen molar-refractivity contribution in [2.24, 2.45) is 5.73 Å². The zero-order chi connectivity index (χ0) is 9.42. The molecule has 0 radical (unpaired) electrons. The molecule has 2 atom stereocenters. The lowest BCUT2D eigenvalue weighted by Gasteiger charge is -2.14. The summed E-state index contributed by atoms with van der Waals surface area (Å²) in [4.78, 5) is 1.23. The maximum absolute atomic E-state index is 6.08. The van der Waals surface area contributed by atoms with Gasteiger partial charge in [0.15, 0.2) is 0 Å². The predicted octanol–water partition coefficient (Wildman–Crippen LogP) is 2.88. The molecule has 2 N–H and O–H groups in total. The van der Waals surface area contributed by atoms with E-state index in [4.69, 9.17) is 17.3 Å². The van der Waals surface area contributed by atoms with E-state index in [1.807, 2.05) is 23.9 Å². The fraction of sp³-hybridized carbons (Fsp3) is 0.400. The third-order valence-corrected chi connectivity index (χ3v) is 4.14. The SMILES string of the molecule is CC(N)C1CSc2c(Cl)cccc21. The number of nitrogens with two attached hydrogens (primary N) is 1. The van der Waals surface area contributed by atoms with E-state index in [0.29, 0.717) is 5.92 Å². The van der Waals surface area contributed by atoms with Crippen molar-refractivity contribution in [1.82, 2.24) is 0 Å². The fourth-order valence-corrected chi connectivity index (χ4v) is 3.43. The summed E-state index contributed by atoms with van der Waals surface area (Å²) in [5.74, 6) is 1.54. The quantitative estimate of drug-likeness (QED) is 0.777. The first-order valence-corrected chi connectivity index (χ1v) is 5.73. The van der Waals surface area contributed by atoms with E-state index in [9.17, 15) is 0 Å². The highest BCUT2D eigenvalue weighted by Crippen LogP contribution is 2.44. The number of hydrogen-bond donors (Lipinski definition) is 1. The third-order valence-electron chi connectivity index (χ3n) is 2.44. The molecule has 0 bridgehead atoms. The van der Waals surface area contributed by atoms with Crippen LogP contribution in [-0.2, 0) is 0 Å². The van der Waals surface area contributed by atoms with Gasteiger partial charge in [-0.15, -0.1) is 11.8 Å². The summed E-state index contributed by atoms with van der Waals surface area (Å²) in [5, 5.41) is 0.866. The highest BCUT2D eigenvalue weighted by atomic mass is 35.5. The van der Waals surface area contributed by atoms with Crippen LogP contribution in [0.15, 0.2) is 23.1 Å². The maximum atomic E-state index is 6.08. The summed E-state index contributed by atoms with van der Waals surface area (Å²) in [7, 11) is 0. The molecule has 1 heterocycles. The molecule has 0 saturated heterocycles. The van der Waals surface area contributed by atoms with Gasteiger partial charge >= 0.3 is 0 Å². The Morgan fingerprint density at radius 3 is 3.08 bits per heavy atom. The number of fused-ring (bicyclic) bond motifs is 1. The van der Waals surface area contributed by atoms with Gasteiger partial charge in [0.2, 0.25) is 0 Å². The lowest BCUT2D eigenvalue weighted by atomic mass is 9.95. The molecule has 3 heteroatoms. The average molecular weight is 214 g/mol. The van der Waals surface area contributed by atoms with Gasteiger partial charge in [-0.3, -0.25) is 0 Å². The van der Waals surface area contributed by atoms with Crippen molar-refractivity contribution >= 4 is 23.4 Å². The van der Waals surface area contributed by atoms with Gasteiger partial charge in [0, 0.05) is 22.6 Å². The third kappa shape index (κ3) is 1.58. The molecule has 0 spiro atoms. The molecule has 0 fully saturated rings. The largest absolute Gasteiger partial charge is 0.327 e.